The Hall–Kier alpha value is -1.85. The van der Waals surface area contributed by atoms with Crippen LogP contribution in [0.15, 0.2) is 4.52 Å². The fourth-order valence-corrected chi connectivity index (χ4v) is 3.13. The van der Waals surface area contributed by atoms with Gasteiger partial charge in [-0.25, -0.2) is 0 Å². The Morgan fingerprint density at radius 3 is 2.50 bits per heavy atom. The molecule has 2 atom stereocenters. The zero-order valence-electron chi connectivity index (χ0n) is 13.2. The second-order valence-corrected chi connectivity index (χ2v) is 6.09. The van der Waals surface area contributed by atoms with Crippen LogP contribution in [-0.4, -0.2) is 28.2 Å². The number of nitrogens with zero attached hydrogens (tertiary/aromatic N) is 1. The van der Waals surface area contributed by atoms with E-state index in [1.807, 2.05) is 0 Å². The third kappa shape index (κ3) is 4.08. The average Bonchev–Trinajstić information content (AvgIpc) is 2.73. The summed E-state index contributed by atoms with van der Waals surface area (Å²) >= 11 is 0. The van der Waals surface area contributed by atoms with E-state index in [1.165, 1.54) is 0 Å². The summed E-state index contributed by atoms with van der Waals surface area (Å²) in [6.07, 6.45) is 5.58. The van der Waals surface area contributed by atoms with Crippen molar-refractivity contribution in [3.8, 4) is 0 Å². The highest BCUT2D eigenvalue weighted by atomic mass is 16.5. The first-order chi connectivity index (χ1) is 10.5. The highest BCUT2D eigenvalue weighted by Crippen LogP contribution is 2.23. The van der Waals surface area contributed by atoms with Crippen molar-refractivity contribution in [2.45, 2.75) is 64.8 Å². The largest absolute Gasteiger partial charge is 0.481 e. The van der Waals surface area contributed by atoms with Crippen molar-refractivity contribution in [1.29, 1.82) is 0 Å². The molecule has 0 radical (unpaired) electrons. The first-order valence-corrected chi connectivity index (χ1v) is 7.93. The molecule has 2 rings (SSSR count). The number of carbonyl (C=O) groups is 2. The molecular formula is C16H24N2O4. The molecule has 1 aliphatic rings. The van der Waals surface area contributed by atoms with E-state index >= 15 is 0 Å². The maximum Gasteiger partial charge on any atom is 0.308 e. The van der Waals surface area contributed by atoms with E-state index in [0.717, 1.165) is 37.7 Å². The lowest BCUT2D eigenvalue weighted by Gasteiger charge is -2.27. The molecular weight excluding hydrogens is 284 g/mol. The normalized spacial score (nSPS) is 22.6. The summed E-state index contributed by atoms with van der Waals surface area (Å²) in [5, 5.41) is 16.2. The zero-order chi connectivity index (χ0) is 16.1. The van der Waals surface area contributed by atoms with E-state index in [-0.39, 0.29) is 18.4 Å². The maximum atomic E-state index is 12.3. The van der Waals surface area contributed by atoms with E-state index in [4.69, 9.17) is 4.52 Å². The number of amides is 1. The molecule has 0 saturated heterocycles. The predicted molar refractivity (Wildman–Crippen MR) is 80.4 cm³/mol. The molecule has 2 unspecified atom stereocenters. The monoisotopic (exact) mass is 308 g/mol. The molecule has 6 nitrogen and oxygen atoms in total. The minimum Gasteiger partial charge on any atom is -0.481 e. The maximum absolute atomic E-state index is 12.3. The number of nitrogens with one attached hydrogen (secondary N) is 1. The number of aliphatic carboxylic acids is 1. The number of carboxylic acids is 1. The number of carboxylic acid groups (broad SMARTS) is 1. The van der Waals surface area contributed by atoms with Gasteiger partial charge in [-0.15, -0.1) is 0 Å². The lowest BCUT2D eigenvalue weighted by molar-refractivity contribution is -0.143. The van der Waals surface area contributed by atoms with Crippen molar-refractivity contribution in [2.24, 2.45) is 5.92 Å². The van der Waals surface area contributed by atoms with E-state index in [9.17, 15) is 14.7 Å². The van der Waals surface area contributed by atoms with E-state index < -0.39 is 11.9 Å². The lowest BCUT2D eigenvalue weighted by Crippen LogP contribution is -2.44. The van der Waals surface area contributed by atoms with Crippen LogP contribution in [0.25, 0.3) is 0 Å². The van der Waals surface area contributed by atoms with Gasteiger partial charge in [0.05, 0.1) is 18.0 Å². The Morgan fingerprint density at radius 2 is 1.91 bits per heavy atom. The average molecular weight is 308 g/mol. The van der Waals surface area contributed by atoms with E-state index in [0.29, 0.717) is 17.9 Å². The first kappa shape index (κ1) is 16.5. The molecule has 1 aliphatic carbocycles. The van der Waals surface area contributed by atoms with Crippen molar-refractivity contribution in [1.82, 2.24) is 10.5 Å². The Morgan fingerprint density at radius 1 is 1.23 bits per heavy atom. The van der Waals surface area contributed by atoms with E-state index in [2.05, 4.69) is 10.5 Å². The van der Waals surface area contributed by atoms with Crippen LogP contribution in [0.2, 0.25) is 0 Å². The summed E-state index contributed by atoms with van der Waals surface area (Å²) in [4.78, 5) is 23.7. The van der Waals surface area contributed by atoms with Crippen LogP contribution in [0.3, 0.4) is 0 Å². The molecule has 122 valence electrons. The number of hydrogen-bond donors (Lipinski definition) is 2. The molecule has 1 aromatic rings. The molecule has 1 amide bonds. The number of hydrogen-bond acceptors (Lipinski definition) is 4. The molecule has 22 heavy (non-hydrogen) atoms. The SMILES string of the molecule is Cc1noc(C)c1CC(=O)NC1CCCCCCC1C(=O)O. The van der Waals surface area contributed by atoms with Crippen LogP contribution >= 0.6 is 0 Å². The molecule has 2 N–H and O–H groups in total. The number of carbonyl (C=O) groups excluding carboxylic acids is 1. The van der Waals surface area contributed by atoms with Gasteiger partial charge in [-0.2, -0.15) is 0 Å². The molecule has 1 fully saturated rings. The van der Waals surface area contributed by atoms with Crippen LogP contribution in [-0.2, 0) is 16.0 Å². The Balaban J connectivity index is 2.02. The summed E-state index contributed by atoms with van der Waals surface area (Å²) in [5.74, 6) is -0.829. The zero-order valence-corrected chi connectivity index (χ0v) is 13.2. The first-order valence-electron chi connectivity index (χ1n) is 7.93. The second-order valence-electron chi connectivity index (χ2n) is 6.09. The van der Waals surface area contributed by atoms with Crippen molar-refractivity contribution < 1.29 is 19.2 Å². The second kappa shape index (κ2) is 7.42. The van der Waals surface area contributed by atoms with Gasteiger partial charge >= 0.3 is 5.97 Å². The van der Waals surface area contributed by atoms with Gasteiger partial charge in [-0.3, -0.25) is 9.59 Å². The van der Waals surface area contributed by atoms with Crippen LogP contribution in [0, 0.1) is 19.8 Å². The number of aryl methyl sites for hydroxylation is 2. The van der Waals surface area contributed by atoms with Gasteiger partial charge in [0, 0.05) is 11.6 Å². The van der Waals surface area contributed by atoms with Gasteiger partial charge in [0.15, 0.2) is 0 Å². The van der Waals surface area contributed by atoms with Crippen LogP contribution in [0.4, 0.5) is 0 Å². The van der Waals surface area contributed by atoms with Gasteiger partial charge in [-0.1, -0.05) is 30.8 Å². The Kier molecular flexibility index (Phi) is 5.57. The summed E-state index contributed by atoms with van der Waals surface area (Å²) in [7, 11) is 0. The molecule has 1 aromatic heterocycles. The summed E-state index contributed by atoms with van der Waals surface area (Å²) in [5.41, 5.74) is 1.50. The highest BCUT2D eigenvalue weighted by molar-refractivity contribution is 5.80. The Bertz CT molecular complexity index is 519. The van der Waals surface area contributed by atoms with Crippen molar-refractivity contribution in [3.63, 3.8) is 0 Å². The number of rotatable bonds is 4. The third-order valence-corrected chi connectivity index (χ3v) is 4.45. The minimum absolute atomic E-state index is 0.161. The molecule has 0 aliphatic heterocycles. The van der Waals surface area contributed by atoms with Gasteiger partial charge in [0.2, 0.25) is 5.91 Å². The molecule has 0 aromatic carbocycles. The van der Waals surface area contributed by atoms with Crippen molar-refractivity contribution >= 4 is 11.9 Å². The minimum atomic E-state index is -0.815. The molecule has 1 saturated carbocycles. The van der Waals surface area contributed by atoms with Gasteiger partial charge in [0.25, 0.3) is 0 Å². The fraction of sp³-hybridized carbons (Fsp3) is 0.688. The molecule has 6 heteroatoms. The standard InChI is InChI=1S/C16H24N2O4/c1-10-13(11(2)22-18-10)9-15(19)17-14-8-6-4-3-5-7-12(14)16(20)21/h12,14H,3-9H2,1-2H3,(H,17,19)(H,20,21). The summed E-state index contributed by atoms with van der Waals surface area (Å²) < 4.78 is 5.06. The van der Waals surface area contributed by atoms with Crippen LogP contribution < -0.4 is 5.32 Å². The fourth-order valence-electron chi connectivity index (χ4n) is 3.13. The summed E-state index contributed by atoms with van der Waals surface area (Å²) in [6, 6.07) is -0.286. The number of aromatic nitrogens is 1. The van der Waals surface area contributed by atoms with E-state index in [1.54, 1.807) is 13.8 Å². The van der Waals surface area contributed by atoms with Gasteiger partial charge in [0.1, 0.15) is 5.76 Å². The molecule has 1 heterocycles. The molecule has 0 spiro atoms. The van der Waals surface area contributed by atoms with Crippen LogP contribution in [0.1, 0.15) is 55.5 Å². The quantitative estimate of drug-likeness (QED) is 0.891. The third-order valence-electron chi connectivity index (χ3n) is 4.45. The van der Waals surface area contributed by atoms with Gasteiger partial charge in [-0.05, 0) is 26.7 Å². The summed E-state index contributed by atoms with van der Waals surface area (Å²) in [6.45, 7) is 3.58. The lowest BCUT2D eigenvalue weighted by atomic mass is 9.86. The smallest absolute Gasteiger partial charge is 0.308 e. The Labute approximate surface area is 130 Å². The molecule has 0 bridgehead atoms. The predicted octanol–water partition coefficient (Wildman–Crippen LogP) is 2.37. The van der Waals surface area contributed by atoms with Gasteiger partial charge < -0.3 is 14.9 Å². The van der Waals surface area contributed by atoms with Crippen molar-refractivity contribution in [2.75, 3.05) is 0 Å². The van der Waals surface area contributed by atoms with Crippen LogP contribution in [0.5, 0.6) is 0 Å². The topological polar surface area (TPSA) is 92.4 Å². The highest BCUT2D eigenvalue weighted by Gasteiger charge is 2.30. The van der Waals surface area contributed by atoms with Crippen molar-refractivity contribution in [3.05, 3.63) is 17.0 Å².